The average Bonchev–Trinajstić information content (AvgIpc) is 3.17. The van der Waals surface area contributed by atoms with E-state index in [1.165, 1.54) is 48.2 Å². The monoisotopic (exact) mass is 344 g/mol. The Hall–Kier alpha value is -3.50. The fourth-order valence-corrected chi connectivity index (χ4v) is 2.60. The highest BCUT2D eigenvalue weighted by Crippen LogP contribution is 2.02. The molecule has 0 aromatic carbocycles. The molecule has 0 saturated carbocycles. The van der Waals surface area contributed by atoms with E-state index in [1.807, 2.05) is 0 Å². The molecule has 0 spiro atoms. The van der Waals surface area contributed by atoms with Crippen molar-refractivity contribution in [2.24, 2.45) is 28.2 Å². The summed E-state index contributed by atoms with van der Waals surface area (Å²) in [6.07, 6.45) is 4.76. The summed E-state index contributed by atoms with van der Waals surface area (Å²) in [4.78, 5) is 49.7. The molecule has 4 aromatic heterocycles. The van der Waals surface area contributed by atoms with Crippen molar-refractivity contribution in [1.29, 1.82) is 0 Å². The minimum atomic E-state index is -0.460. The van der Waals surface area contributed by atoms with Gasteiger partial charge in [-0.3, -0.25) is 23.1 Å². The highest BCUT2D eigenvalue weighted by atomic mass is 16.2. The van der Waals surface area contributed by atoms with Crippen LogP contribution in [0.25, 0.3) is 22.3 Å². The standard InChI is InChI=1S/C9H12N4O3.C5H4N4/c1-10-5-6(11(2)8(10)15)12(3)9(16)13(4)7(5)14;1-4-5(8-2-6-1)9-3-7-4/h1-4H3;1-3H,(H,6,7,8,9). The topological polar surface area (TPSA) is 125 Å². The van der Waals surface area contributed by atoms with Crippen molar-refractivity contribution in [2.75, 3.05) is 0 Å². The van der Waals surface area contributed by atoms with Crippen molar-refractivity contribution < 1.29 is 0 Å². The van der Waals surface area contributed by atoms with Gasteiger partial charge in [0.25, 0.3) is 5.56 Å². The molecule has 0 unspecified atom stereocenters. The Labute approximate surface area is 139 Å². The predicted octanol–water partition coefficient (Wildman–Crippen LogP) is -1.37. The zero-order chi connectivity index (χ0) is 18.3. The van der Waals surface area contributed by atoms with Crippen LogP contribution in [0.4, 0.5) is 0 Å². The van der Waals surface area contributed by atoms with Gasteiger partial charge in [0, 0.05) is 28.2 Å². The summed E-state index contributed by atoms with van der Waals surface area (Å²) in [6, 6.07) is 0. The van der Waals surface area contributed by atoms with Gasteiger partial charge in [-0.2, -0.15) is 0 Å². The van der Waals surface area contributed by atoms with E-state index in [0.29, 0.717) is 11.3 Å². The van der Waals surface area contributed by atoms with Gasteiger partial charge in [0.2, 0.25) is 0 Å². The molecule has 0 aliphatic rings. The lowest BCUT2D eigenvalue weighted by Crippen LogP contribution is -2.37. The first kappa shape index (κ1) is 16.4. The number of imidazole rings is 2. The number of aromatic nitrogens is 8. The summed E-state index contributed by atoms with van der Waals surface area (Å²) in [5.74, 6) is 0. The fraction of sp³-hybridized carbons (Fsp3) is 0.286. The van der Waals surface area contributed by atoms with E-state index in [9.17, 15) is 14.4 Å². The highest BCUT2D eigenvalue weighted by molar-refractivity contribution is 5.70. The Morgan fingerprint density at radius 2 is 1.52 bits per heavy atom. The van der Waals surface area contributed by atoms with Gasteiger partial charge >= 0.3 is 11.4 Å². The van der Waals surface area contributed by atoms with Crippen LogP contribution in [0.3, 0.4) is 0 Å². The summed E-state index contributed by atoms with van der Waals surface area (Å²) < 4.78 is 4.81. The quantitative estimate of drug-likeness (QED) is 0.419. The zero-order valence-corrected chi connectivity index (χ0v) is 14.1. The number of H-pyrrole nitrogens is 1. The van der Waals surface area contributed by atoms with Gasteiger partial charge < -0.3 is 4.98 Å². The second kappa shape index (κ2) is 5.85. The number of rotatable bonds is 0. The second-order valence-corrected chi connectivity index (χ2v) is 5.44. The predicted molar refractivity (Wildman–Crippen MR) is 90.3 cm³/mol. The maximum atomic E-state index is 11.9. The van der Waals surface area contributed by atoms with Crippen molar-refractivity contribution in [2.45, 2.75) is 0 Å². The third kappa shape index (κ3) is 2.45. The second-order valence-electron chi connectivity index (χ2n) is 5.44. The van der Waals surface area contributed by atoms with E-state index < -0.39 is 11.2 Å². The van der Waals surface area contributed by atoms with Crippen LogP contribution in [0.2, 0.25) is 0 Å². The van der Waals surface area contributed by atoms with Gasteiger partial charge in [0.15, 0.2) is 16.8 Å². The van der Waals surface area contributed by atoms with Crippen LogP contribution < -0.4 is 16.9 Å². The Balaban J connectivity index is 0.000000170. The lowest BCUT2D eigenvalue weighted by atomic mass is 10.5. The summed E-state index contributed by atoms with van der Waals surface area (Å²) in [5, 5.41) is 0. The Morgan fingerprint density at radius 1 is 0.880 bits per heavy atom. The lowest BCUT2D eigenvalue weighted by Gasteiger charge is -2.04. The normalized spacial score (nSPS) is 10.9. The van der Waals surface area contributed by atoms with Crippen LogP contribution in [0.5, 0.6) is 0 Å². The first-order valence-corrected chi connectivity index (χ1v) is 7.25. The summed E-state index contributed by atoms with van der Waals surface area (Å²) in [6.45, 7) is 0. The van der Waals surface area contributed by atoms with Gasteiger partial charge in [-0.1, -0.05) is 0 Å². The molecule has 0 aliphatic carbocycles. The number of aromatic amines is 1. The van der Waals surface area contributed by atoms with Crippen molar-refractivity contribution >= 4 is 22.3 Å². The Bertz CT molecular complexity index is 1220. The third-order valence-corrected chi connectivity index (χ3v) is 3.94. The van der Waals surface area contributed by atoms with E-state index in [4.69, 9.17) is 0 Å². The van der Waals surface area contributed by atoms with Crippen LogP contribution >= 0.6 is 0 Å². The molecular formula is C14H16N8O3. The number of nitrogens with zero attached hydrogens (tertiary/aromatic N) is 7. The number of hydrogen-bond donors (Lipinski definition) is 1. The van der Waals surface area contributed by atoms with Crippen molar-refractivity contribution in [3.05, 3.63) is 50.2 Å². The molecule has 11 heteroatoms. The molecule has 0 amide bonds. The average molecular weight is 344 g/mol. The smallest absolute Gasteiger partial charge is 0.332 e. The highest BCUT2D eigenvalue weighted by Gasteiger charge is 2.16. The lowest BCUT2D eigenvalue weighted by molar-refractivity contribution is 0.696. The third-order valence-electron chi connectivity index (χ3n) is 3.94. The zero-order valence-electron chi connectivity index (χ0n) is 14.1. The molecular weight excluding hydrogens is 328 g/mol. The number of aryl methyl sites for hydroxylation is 3. The molecule has 0 fully saturated rings. The number of hydrogen-bond acceptors (Lipinski definition) is 6. The van der Waals surface area contributed by atoms with E-state index >= 15 is 0 Å². The van der Waals surface area contributed by atoms with E-state index in [0.717, 1.165) is 10.1 Å². The molecule has 130 valence electrons. The molecule has 11 nitrogen and oxygen atoms in total. The SMILES string of the molecule is Cn1c(=O)c2c(n(C)c1=O)n(C)c(=O)n2C.c1ncc2[nH]cnc2n1. The van der Waals surface area contributed by atoms with Gasteiger partial charge in [-0.15, -0.1) is 0 Å². The van der Waals surface area contributed by atoms with Gasteiger partial charge in [-0.05, 0) is 0 Å². The Kier molecular flexibility index (Phi) is 3.83. The number of fused-ring (bicyclic) bond motifs is 2. The molecule has 0 bridgehead atoms. The number of nitrogens with one attached hydrogen (secondary N) is 1. The van der Waals surface area contributed by atoms with Crippen LogP contribution in [-0.2, 0) is 28.2 Å². The summed E-state index contributed by atoms with van der Waals surface area (Å²) in [5.41, 5.74) is 0.922. The maximum absolute atomic E-state index is 11.9. The van der Waals surface area contributed by atoms with E-state index in [-0.39, 0.29) is 11.2 Å². The molecule has 4 rings (SSSR count). The molecule has 0 saturated heterocycles. The van der Waals surface area contributed by atoms with Crippen LogP contribution in [0, 0.1) is 0 Å². The van der Waals surface area contributed by atoms with Gasteiger partial charge in [-0.25, -0.2) is 24.5 Å². The summed E-state index contributed by atoms with van der Waals surface area (Å²) in [7, 11) is 5.96. The van der Waals surface area contributed by atoms with Gasteiger partial charge in [0.1, 0.15) is 11.8 Å². The summed E-state index contributed by atoms with van der Waals surface area (Å²) >= 11 is 0. The first-order chi connectivity index (χ1) is 11.8. The van der Waals surface area contributed by atoms with Crippen molar-refractivity contribution in [1.82, 2.24) is 38.2 Å². The van der Waals surface area contributed by atoms with Crippen LogP contribution in [0.15, 0.2) is 33.2 Å². The minimum absolute atomic E-state index is 0.233. The van der Waals surface area contributed by atoms with E-state index in [1.54, 1.807) is 12.5 Å². The largest absolute Gasteiger partial charge is 0.342 e. The molecule has 4 heterocycles. The maximum Gasteiger partial charge on any atom is 0.332 e. The van der Waals surface area contributed by atoms with E-state index in [2.05, 4.69) is 19.9 Å². The molecule has 4 aromatic rings. The minimum Gasteiger partial charge on any atom is -0.342 e. The molecule has 0 aliphatic heterocycles. The van der Waals surface area contributed by atoms with Crippen LogP contribution in [-0.4, -0.2) is 38.2 Å². The van der Waals surface area contributed by atoms with Crippen molar-refractivity contribution in [3.63, 3.8) is 0 Å². The Morgan fingerprint density at radius 3 is 2.16 bits per heavy atom. The first-order valence-electron chi connectivity index (χ1n) is 7.25. The van der Waals surface area contributed by atoms with Gasteiger partial charge in [0.05, 0.1) is 12.5 Å². The fourth-order valence-electron chi connectivity index (χ4n) is 2.60. The molecule has 0 atom stereocenters. The molecule has 1 N–H and O–H groups in total. The molecule has 0 radical (unpaired) electrons. The van der Waals surface area contributed by atoms with Crippen molar-refractivity contribution in [3.8, 4) is 0 Å². The van der Waals surface area contributed by atoms with Crippen LogP contribution in [0.1, 0.15) is 0 Å². The molecule has 25 heavy (non-hydrogen) atoms.